The molecular weight excluding hydrogens is 238 g/mol. The minimum Gasteiger partial charge on any atom is -0.327 e. The van der Waals surface area contributed by atoms with Gasteiger partial charge in [-0.3, -0.25) is 9.48 Å². The van der Waals surface area contributed by atoms with Crippen LogP contribution in [0.15, 0.2) is 12.3 Å². The summed E-state index contributed by atoms with van der Waals surface area (Å²) in [6, 6.07) is 2.48. The van der Waals surface area contributed by atoms with Gasteiger partial charge in [-0.2, -0.15) is 5.10 Å². The molecule has 1 atom stereocenters. The maximum Gasteiger partial charge on any atom is 0.140 e. The molecule has 1 aromatic heterocycles. The molecule has 19 heavy (non-hydrogen) atoms. The molecule has 2 rings (SSSR count). The molecule has 0 radical (unpaired) electrons. The highest BCUT2D eigenvalue weighted by molar-refractivity contribution is 5.81. The number of carbonyl (C=O) groups excluding carboxylic acids is 1. The zero-order valence-corrected chi connectivity index (χ0v) is 12.0. The van der Waals surface area contributed by atoms with Gasteiger partial charge >= 0.3 is 0 Å². The van der Waals surface area contributed by atoms with E-state index in [1.165, 1.54) is 25.7 Å². The highest BCUT2D eigenvalue weighted by Gasteiger charge is 2.19. The Labute approximate surface area is 115 Å². The normalized spacial score (nSPS) is 18.1. The molecule has 0 aromatic carbocycles. The Kier molecular flexibility index (Phi) is 4.75. The molecule has 1 heterocycles. The van der Waals surface area contributed by atoms with Crippen LogP contribution in [0, 0.1) is 5.92 Å². The van der Waals surface area contributed by atoms with E-state index in [4.69, 9.17) is 5.73 Å². The van der Waals surface area contributed by atoms with Crippen molar-refractivity contribution < 1.29 is 4.79 Å². The molecule has 1 aliphatic rings. The molecule has 0 saturated heterocycles. The number of Topliss-reactive ketones (excluding diaryl/α,β-unsaturated/α-hetero) is 1. The first-order valence-corrected chi connectivity index (χ1v) is 7.37. The average molecular weight is 263 g/mol. The molecule has 0 bridgehead atoms. The number of aromatic nitrogens is 2. The SMILES string of the molecule is CC(C)C(N)CC(=O)Cc1ccn(C2CCCC2)n1. The summed E-state index contributed by atoms with van der Waals surface area (Å²) in [5.41, 5.74) is 6.81. The highest BCUT2D eigenvalue weighted by atomic mass is 16.1. The van der Waals surface area contributed by atoms with Gasteiger partial charge in [-0.25, -0.2) is 0 Å². The lowest BCUT2D eigenvalue weighted by Gasteiger charge is -2.13. The average Bonchev–Trinajstić information content (AvgIpc) is 2.97. The number of nitrogens with zero attached hydrogens (tertiary/aromatic N) is 2. The number of carbonyl (C=O) groups is 1. The van der Waals surface area contributed by atoms with Crippen LogP contribution in [-0.4, -0.2) is 21.6 Å². The van der Waals surface area contributed by atoms with Gasteiger partial charge in [0.05, 0.1) is 18.2 Å². The van der Waals surface area contributed by atoms with Crippen LogP contribution < -0.4 is 5.73 Å². The molecule has 106 valence electrons. The standard InChI is InChI=1S/C15H25N3O/c1-11(2)15(16)10-14(19)9-12-7-8-18(17-12)13-5-3-4-6-13/h7-8,11,13,15H,3-6,9-10,16H2,1-2H3. The lowest BCUT2D eigenvalue weighted by atomic mass is 9.98. The van der Waals surface area contributed by atoms with Crippen LogP contribution in [0.5, 0.6) is 0 Å². The van der Waals surface area contributed by atoms with E-state index in [-0.39, 0.29) is 11.8 Å². The van der Waals surface area contributed by atoms with Gasteiger partial charge in [0.15, 0.2) is 0 Å². The first kappa shape index (κ1) is 14.3. The molecule has 1 aromatic rings. The summed E-state index contributed by atoms with van der Waals surface area (Å²) in [4.78, 5) is 11.9. The second-order valence-corrected chi connectivity index (χ2v) is 6.05. The summed E-state index contributed by atoms with van der Waals surface area (Å²) in [6.07, 6.45) is 7.90. The van der Waals surface area contributed by atoms with Gasteiger partial charge in [0.25, 0.3) is 0 Å². The lowest BCUT2D eigenvalue weighted by molar-refractivity contribution is -0.119. The summed E-state index contributed by atoms with van der Waals surface area (Å²) in [5.74, 6) is 0.540. The Morgan fingerprint density at radius 3 is 2.79 bits per heavy atom. The first-order chi connectivity index (χ1) is 9.06. The fraction of sp³-hybridized carbons (Fsp3) is 0.733. The second kappa shape index (κ2) is 6.33. The Balaban J connectivity index is 1.87. The second-order valence-electron chi connectivity index (χ2n) is 6.05. The van der Waals surface area contributed by atoms with Gasteiger partial charge in [-0.05, 0) is 24.8 Å². The van der Waals surface area contributed by atoms with Crippen LogP contribution in [0.2, 0.25) is 0 Å². The zero-order valence-electron chi connectivity index (χ0n) is 12.0. The van der Waals surface area contributed by atoms with Crippen molar-refractivity contribution in [1.82, 2.24) is 9.78 Å². The topological polar surface area (TPSA) is 60.9 Å². The molecule has 0 aliphatic heterocycles. The lowest BCUT2D eigenvalue weighted by Crippen LogP contribution is -2.29. The van der Waals surface area contributed by atoms with E-state index in [0.29, 0.717) is 24.8 Å². The molecule has 1 unspecified atom stereocenters. The van der Waals surface area contributed by atoms with Gasteiger partial charge < -0.3 is 5.73 Å². The maximum atomic E-state index is 11.9. The van der Waals surface area contributed by atoms with Gasteiger partial charge in [0.1, 0.15) is 5.78 Å². The Bertz CT molecular complexity index is 419. The number of hydrogen-bond donors (Lipinski definition) is 1. The number of nitrogens with two attached hydrogens (primary N) is 1. The third kappa shape index (κ3) is 3.90. The van der Waals surface area contributed by atoms with E-state index in [1.807, 2.05) is 30.8 Å². The van der Waals surface area contributed by atoms with Crippen LogP contribution >= 0.6 is 0 Å². The van der Waals surface area contributed by atoms with Crippen LogP contribution in [0.4, 0.5) is 0 Å². The van der Waals surface area contributed by atoms with Crippen molar-refractivity contribution in [3.05, 3.63) is 18.0 Å². The smallest absolute Gasteiger partial charge is 0.140 e. The Hall–Kier alpha value is -1.16. The number of hydrogen-bond acceptors (Lipinski definition) is 3. The van der Waals surface area contributed by atoms with Crippen molar-refractivity contribution in [1.29, 1.82) is 0 Å². The van der Waals surface area contributed by atoms with E-state index in [0.717, 1.165) is 5.69 Å². The molecule has 1 fully saturated rings. The maximum absolute atomic E-state index is 11.9. The molecular formula is C15H25N3O. The summed E-state index contributed by atoms with van der Waals surface area (Å²) in [6.45, 7) is 4.10. The molecule has 0 amide bonds. The monoisotopic (exact) mass is 263 g/mol. The molecule has 0 spiro atoms. The van der Waals surface area contributed by atoms with E-state index >= 15 is 0 Å². The molecule has 4 heteroatoms. The van der Waals surface area contributed by atoms with Crippen LogP contribution in [0.25, 0.3) is 0 Å². The minimum absolute atomic E-state index is 0.0376. The summed E-state index contributed by atoms with van der Waals surface area (Å²) in [5, 5.41) is 4.54. The van der Waals surface area contributed by atoms with Crippen LogP contribution in [-0.2, 0) is 11.2 Å². The van der Waals surface area contributed by atoms with Crippen molar-refractivity contribution in [2.45, 2.75) is 64.5 Å². The predicted molar refractivity (Wildman–Crippen MR) is 75.9 cm³/mol. The van der Waals surface area contributed by atoms with Crippen molar-refractivity contribution >= 4 is 5.78 Å². The first-order valence-electron chi connectivity index (χ1n) is 7.37. The van der Waals surface area contributed by atoms with Gasteiger partial charge in [0, 0.05) is 18.7 Å². The van der Waals surface area contributed by atoms with E-state index < -0.39 is 0 Å². The molecule has 2 N–H and O–H groups in total. The van der Waals surface area contributed by atoms with Gasteiger partial charge in [-0.1, -0.05) is 26.7 Å². The third-order valence-electron chi connectivity index (χ3n) is 4.06. The quantitative estimate of drug-likeness (QED) is 0.857. The summed E-state index contributed by atoms with van der Waals surface area (Å²) >= 11 is 0. The van der Waals surface area contributed by atoms with Crippen molar-refractivity contribution in [2.75, 3.05) is 0 Å². The number of rotatable bonds is 6. The van der Waals surface area contributed by atoms with Crippen molar-refractivity contribution in [2.24, 2.45) is 11.7 Å². The van der Waals surface area contributed by atoms with E-state index in [2.05, 4.69) is 5.10 Å². The highest BCUT2D eigenvalue weighted by Crippen LogP contribution is 2.28. The Morgan fingerprint density at radius 1 is 1.47 bits per heavy atom. The van der Waals surface area contributed by atoms with Crippen molar-refractivity contribution in [3.8, 4) is 0 Å². The molecule has 1 aliphatic carbocycles. The summed E-state index contributed by atoms with van der Waals surface area (Å²) < 4.78 is 2.04. The third-order valence-corrected chi connectivity index (χ3v) is 4.06. The zero-order chi connectivity index (χ0) is 13.8. The van der Waals surface area contributed by atoms with E-state index in [1.54, 1.807) is 0 Å². The largest absolute Gasteiger partial charge is 0.327 e. The minimum atomic E-state index is -0.0376. The van der Waals surface area contributed by atoms with Gasteiger partial charge in [-0.15, -0.1) is 0 Å². The fourth-order valence-corrected chi connectivity index (χ4v) is 2.62. The van der Waals surface area contributed by atoms with Crippen molar-refractivity contribution in [3.63, 3.8) is 0 Å². The summed E-state index contributed by atoms with van der Waals surface area (Å²) in [7, 11) is 0. The molecule has 4 nitrogen and oxygen atoms in total. The van der Waals surface area contributed by atoms with Crippen LogP contribution in [0.3, 0.4) is 0 Å². The van der Waals surface area contributed by atoms with Gasteiger partial charge in [0.2, 0.25) is 0 Å². The van der Waals surface area contributed by atoms with Crippen LogP contribution in [0.1, 0.15) is 57.7 Å². The Morgan fingerprint density at radius 2 is 2.16 bits per heavy atom. The molecule has 1 saturated carbocycles. The predicted octanol–water partition coefficient (Wildman–Crippen LogP) is 2.48. The number of ketones is 1. The van der Waals surface area contributed by atoms with E-state index in [9.17, 15) is 4.79 Å². The fourth-order valence-electron chi connectivity index (χ4n) is 2.62.